The molecule has 0 amide bonds. The molecule has 18 heavy (non-hydrogen) atoms. The smallest absolute Gasteiger partial charge is 0.321 e. The van der Waals surface area contributed by atoms with Crippen molar-refractivity contribution in [1.29, 1.82) is 0 Å². The van der Waals surface area contributed by atoms with Gasteiger partial charge in [0.1, 0.15) is 0 Å². The van der Waals surface area contributed by atoms with Crippen molar-refractivity contribution >= 4 is 0 Å². The number of rotatable bonds is 1. The van der Waals surface area contributed by atoms with Gasteiger partial charge in [-0.25, -0.2) is 0 Å². The van der Waals surface area contributed by atoms with Crippen LogP contribution in [0.25, 0.3) is 0 Å². The molecule has 0 atom stereocenters. The Kier molecular flexibility index (Phi) is 3.41. The Bertz CT molecular complexity index is 400. The molecule has 1 aromatic rings. The zero-order valence-electron chi connectivity index (χ0n) is 10.4. The maximum absolute atomic E-state index is 12.5. The van der Waals surface area contributed by atoms with E-state index in [1.807, 2.05) is 0 Å². The van der Waals surface area contributed by atoms with E-state index in [4.69, 9.17) is 5.73 Å². The third kappa shape index (κ3) is 2.69. The van der Waals surface area contributed by atoms with E-state index in [-0.39, 0.29) is 0 Å². The topological polar surface area (TPSA) is 26.0 Å². The molecule has 0 bridgehead atoms. The van der Waals surface area contributed by atoms with Gasteiger partial charge in [0, 0.05) is 5.54 Å². The maximum atomic E-state index is 12.5. The monoisotopic (exact) mass is 257 g/mol. The van der Waals surface area contributed by atoms with Crippen LogP contribution in [0.5, 0.6) is 0 Å². The number of hydrogen-bond donors (Lipinski definition) is 1. The molecule has 1 nitrogen and oxygen atoms in total. The highest BCUT2D eigenvalue weighted by Crippen LogP contribution is 2.38. The van der Waals surface area contributed by atoms with Crippen LogP contribution in [0.2, 0.25) is 0 Å². The first kappa shape index (κ1) is 13.4. The van der Waals surface area contributed by atoms with Crippen LogP contribution in [-0.2, 0) is 11.7 Å². The molecule has 100 valence electrons. The van der Waals surface area contributed by atoms with Crippen molar-refractivity contribution in [2.75, 3.05) is 0 Å². The average molecular weight is 257 g/mol. The molecule has 0 spiro atoms. The molecular formula is C14H18F3N. The van der Waals surface area contributed by atoms with Crippen molar-refractivity contribution in [2.24, 2.45) is 11.7 Å². The standard InChI is InChI=1S/C14H18F3N/c1-10-6-8-13(18,9-7-10)11-2-4-12(5-3-11)14(15,16)17/h2-5,10H,6-9,18H2,1H3. The second-order valence-electron chi connectivity index (χ2n) is 5.41. The Hall–Kier alpha value is -1.03. The highest BCUT2D eigenvalue weighted by molar-refractivity contribution is 5.30. The van der Waals surface area contributed by atoms with Crippen molar-refractivity contribution in [3.05, 3.63) is 35.4 Å². The summed E-state index contributed by atoms with van der Waals surface area (Å²) >= 11 is 0. The van der Waals surface area contributed by atoms with Gasteiger partial charge in [-0.15, -0.1) is 0 Å². The van der Waals surface area contributed by atoms with E-state index in [1.54, 1.807) is 0 Å². The third-order valence-electron chi connectivity index (χ3n) is 3.95. The van der Waals surface area contributed by atoms with Gasteiger partial charge in [-0.2, -0.15) is 13.2 Å². The maximum Gasteiger partial charge on any atom is 0.416 e. The summed E-state index contributed by atoms with van der Waals surface area (Å²) in [6.45, 7) is 2.19. The van der Waals surface area contributed by atoms with Crippen molar-refractivity contribution in [3.8, 4) is 0 Å². The minimum atomic E-state index is -4.28. The zero-order chi connectivity index (χ0) is 13.4. The normalized spacial score (nSPS) is 29.3. The van der Waals surface area contributed by atoms with E-state index in [0.717, 1.165) is 43.4 Å². The van der Waals surface area contributed by atoms with E-state index in [0.29, 0.717) is 5.92 Å². The molecule has 2 rings (SSSR count). The van der Waals surface area contributed by atoms with Gasteiger partial charge in [0.05, 0.1) is 5.56 Å². The Morgan fingerprint density at radius 2 is 1.61 bits per heavy atom. The minimum absolute atomic E-state index is 0.448. The lowest BCUT2D eigenvalue weighted by Crippen LogP contribution is -2.40. The van der Waals surface area contributed by atoms with Crippen molar-refractivity contribution < 1.29 is 13.2 Å². The lowest BCUT2D eigenvalue weighted by molar-refractivity contribution is -0.137. The number of benzene rings is 1. The predicted molar refractivity (Wildman–Crippen MR) is 64.9 cm³/mol. The largest absolute Gasteiger partial charge is 0.416 e. The van der Waals surface area contributed by atoms with Gasteiger partial charge in [0.25, 0.3) is 0 Å². The van der Waals surface area contributed by atoms with E-state index in [1.165, 1.54) is 12.1 Å². The molecule has 0 unspecified atom stereocenters. The predicted octanol–water partition coefficient (Wildman–Crippen LogP) is 4.07. The van der Waals surface area contributed by atoms with Crippen LogP contribution >= 0.6 is 0 Å². The zero-order valence-corrected chi connectivity index (χ0v) is 10.4. The Balaban J connectivity index is 2.19. The van der Waals surface area contributed by atoms with Gasteiger partial charge in [-0.1, -0.05) is 19.1 Å². The number of nitrogens with two attached hydrogens (primary N) is 1. The molecule has 2 N–H and O–H groups in total. The SMILES string of the molecule is CC1CCC(N)(c2ccc(C(F)(F)F)cc2)CC1. The number of alkyl halides is 3. The van der Waals surface area contributed by atoms with Crippen molar-refractivity contribution in [3.63, 3.8) is 0 Å². The Morgan fingerprint density at radius 3 is 2.06 bits per heavy atom. The highest BCUT2D eigenvalue weighted by Gasteiger charge is 2.34. The Labute approximate surface area is 105 Å². The molecule has 1 aromatic carbocycles. The lowest BCUT2D eigenvalue weighted by Gasteiger charge is -2.36. The quantitative estimate of drug-likeness (QED) is 0.806. The summed E-state index contributed by atoms with van der Waals surface area (Å²) in [5, 5.41) is 0. The molecule has 0 aromatic heterocycles. The van der Waals surface area contributed by atoms with Gasteiger partial charge in [-0.3, -0.25) is 0 Å². The summed E-state index contributed by atoms with van der Waals surface area (Å²) in [5.74, 6) is 0.663. The molecule has 1 fully saturated rings. The fourth-order valence-corrected chi connectivity index (χ4v) is 2.56. The average Bonchev–Trinajstić information content (AvgIpc) is 2.32. The highest BCUT2D eigenvalue weighted by atomic mass is 19.4. The van der Waals surface area contributed by atoms with Crippen molar-refractivity contribution in [2.45, 2.75) is 44.3 Å². The first-order valence-electron chi connectivity index (χ1n) is 6.28. The van der Waals surface area contributed by atoms with E-state index >= 15 is 0 Å². The van der Waals surface area contributed by atoms with Crippen LogP contribution < -0.4 is 5.73 Å². The summed E-state index contributed by atoms with van der Waals surface area (Å²) in [6, 6.07) is 5.31. The van der Waals surface area contributed by atoms with Crippen LogP contribution in [0.4, 0.5) is 13.2 Å². The molecule has 0 saturated heterocycles. The van der Waals surface area contributed by atoms with Gasteiger partial charge in [0.15, 0.2) is 0 Å². The fourth-order valence-electron chi connectivity index (χ4n) is 2.56. The van der Waals surface area contributed by atoms with E-state index in [2.05, 4.69) is 6.92 Å². The molecule has 4 heteroatoms. The van der Waals surface area contributed by atoms with Crippen LogP contribution in [0.1, 0.15) is 43.7 Å². The number of halogens is 3. The minimum Gasteiger partial charge on any atom is -0.321 e. The summed E-state index contributed by atoms with van der Waals surface area (Å²) < 4.78 is 37.4. The fraction of sp³-hybridized carbons (Fsp3) is 0.571. The van der Waals surface area contributed by atoms with Crippen LogP contribution in [0.15, 0.2) is 24.3 Å². The lowest BCUT2D eigenvalue weighted by atomic mass is 9.74. The summed E-state index contributed by atoms with van der Waals surface area (Å²) in [4.78, 5) is 0. The molecule has 1 saturated carbocycles. The third-order valence-corrected chi connectivity index (χ3v) is 3.95. The molecule has 0 aliphatic heterocycles. The molecule has 1 aliphatic carbocycles. The molecule has 0 heterocycles. The molecule has 1 aliphatic rings. The van der Waals surface area contributed by atoms with Crippen LogP contribution in [-0.4, -0.2) is 0 Å². The first-order valence-corrected chi connectivity index (χ1v) is 6.28. The first-order chi connectivity index (χ1) is 8.31. The summed E-state index contributed by atoms with van der Waals surface area (Å²) in [6.07, 6.45) is -0.504. The second-order valence-corrected chi connectivity index (χ2v) is 5.41. The van der Waals surface area contributed by atoms with Gasteiger partial charge in [-0.05, 0) is 49.3 Å². The molecule has 0 radical (unpaired) electrons. The van der Waals surface area contributed by atoms with Crippen LogP contribution in [0, 0.1) is 5.92 Å². The van der Waals surface area contributed by atoms with Gasteiger partial charge < -0.3 is 5.73 Å². The van der Waals surface area contributed by atoms with Crippen molar-refractivity contribution in [1.82, 2.24) is 0 Å². The van der Waals surface area contributed by atoms with E-state index < -0.39 is 17.3 Å². The van der Waals surface area contributed by atoms with Gasteiger partial charge >= 0.3 is 6.18 Å². The summed E-state index contributed by atoms with van der Waals surface area (Å²) in [7, 11) is 0. The van der Waals surface area contributed by atoms with Crippen LogP contribution in [0.3, 0.4) is 0 Å². The number of hydrogen-bond acceptors (Lipinski definition) is 1. The van der Waals surface area contributed by atoms with E-state index in [9.17, 15) is 13.2 Å². The van der Waals surface area contributed by atoms with Gasteiger partial charge in [0.2, 0.25) is 0 Å². The molecular weight excluding hydrogens is 239 g/mol. The second kappa shape index (κ2) is 4.57. The Morgan fingerprint density at radius 1 is 1.11 bits per heavy atom. The summed E-state index contributed by atoms with van der Waals surface area (Å²) in [5.41, 5.74) is 6.08.